The van der Waals surface area contributed by atoms with E-state index in [0.717, 1.165) is 137 Å². The number of hydrogen-bond donors (Lipinski definition) is 9. The number of thiazole rings is 3. The van der Waals surface area contributed by atoms with Crippen LogP contribution in [0.25, 0.3) is 49.2 Å². The number of anilines is 1. The Kier molecular flexibility index (Phi) is 29.8. The van der Waals surface area contributed by atoms with E-state index in [1.165, 1.54) is 85.0 Å². The fourth-order valence-corrected chi connectivity index (χ4v) is 20.7. The number of sulfonamides is 2. The van der Waals surface area contributed by atoms with Gasteiger partial charge in [0.1, 0.15) is 27.2 Å². The van der Waals surface area contributed by atoms with Crippen molar-refractivity contribution >= 4 is 159 Å². The third kappa shape index (κ3) is 24.1. The number of nitrogens with two attached hydrogens (primary N) is 2. The van der Waals surface area contributed by atoms with E-state index in [1.54, 1.807) is 82.4 Å². The van der Waals surface area contributed by atoms with E-state index in [4.69, 9.17) is 32.0 Å². The number of rotatable bonds is 25. The van der Waals surface area contributed by atoms with Crippen molar-refractivity contribution in [1.29, 1.82) is 0 Å². The van der Waals surface area contributed by atoms with Gasteiger partial charge in [-0.25, -0.2) is 69.3 Å². The largest absolute Gasteiger partial charge is 0.755 e. The predicted molar refractivity (Wildman–Crippen MR) is 510 cm³/mol. The summed E-state index contributed by atoms with van der Waals surface area (Å²) >= 11 is 9.53. The molecule has 6 aromatic carbocycles. The Balaban J connectivity index is 0.000000144. The first-order chi connectivity index (χ1) is 62.2. The third-order valence-corrected chi connectivity index (χ3v) is 29.0. The fraction of sp³-hybridized carbons (Fsp3) is 0.200. The maximum absolute atomic E-state index is 14.9. The minimum Gasteiger partial charge on any atom is -0.755 e. The van der Waals surface area contributed by atoms with Crippen LogP contribution in [0.5, 0.6) is 0 Å². The standard InChI is InChI=1S/2C30H26BFN4O4S3.C23H21BBrFN4O4S2.C7H6S/c1-18-5-10-23(42-18)11-8-19-3-2-4-22(13-19)29-24(14-21-9-12-27(25(32)15-21)43(33,39)40)26(16-20-6-7-20)36(35-29)30-34-28(17-41-30)31(37)38;1-18-5-10-23(42-18)11-8-19-3-2-4-22(13-19)29-24(14-21-9-12-27(25(32)15-21)43(33,39)40)26(16-20-6-7-20)35-36(29)30-34-28(17-41-30)31(37)38;25-16-3-1-2-15(11-16)22-17(8-14-6-7-19(18(26)9-14)29-36(33)34)20(10-13-4-5-13)28-30(22)23-27-21(12-35-23)24(31)32;1-3-7-5-4-6(2)8-7/h2*2-5,9-10,12-13,15,17,20,37-38H,6-7,14,16H2,1H3,(H2,33,39,40);1-3,6-7,9,11-13,29,31-32H,4-5,8,10H2,(H,33,34);1,4-5H,2H3/p-1. The molecule has 0 saturated heterocycles. The molecule has 9 aromatic heterocycles. The van der Waals surface area contributed by atoms with Crippen LogP contribution in [0.2, 0.25) is 0 Å². The minimum atomic E-state index is -4.21. The van der Waals surface area contributed by atoms with Gasteiger partial charge in [0.15, 0.2) is 0 Å². The molecular weight excluding hydrogens is 1900 g/mol. The number of primary sulfonamides is 2. The maximum atomic E-state index is 14.9. The van der Waals surface area contributed by atoms with Crippen LogP contribution in [-0.4, -0.2) is 121 Å². The van der Waals surface area contributed by atoms with Crippen LogP contribution >= 0.6 is 84.0 Å². The summed E-state index contributed by atoms with van der Waals surface area (Å²) in [5, 5.41) is 89.3. The Bertz CT molecular complexity index is 7110. The smallest absolute Gasteiger partial charge is 0.509 e. The monoisotopic (exact) mass is 1980 g/mol. The molecule has 0 spiro atoms. The first-order valence-corrected chi connectivity index (χ1v) is 50.5. The summed E-state index contributed by atoms with van der Waals surface area (Å²) in [5.41, 5.74) is 13.4. The minimum absolute atomic E-state index is 0.109. The van der Waals surface area contributed by atoms with E-state index in [2.05, 4.69) is 65.2 Å². The van der Waals surface area contributed by atoms with Gasteiger partial charge in [-0.15, -0.1) is 74.4 Å². The highest BCUT2D eigenvalue weighted by Crippen LogP contribution is 2.43. The van der Waals surface area contributed by atoms with E-state index < -0.39 is 79.9 Å². The van der Waals surface area contributed by atoms with Crippen molar-refractivity contribution in [3.63, 3.8) is 0 Å². The molecule has 1 atom stereocenters. The third-order valence-electron chi connectivity index (χ3n) is 21.0. The molecule has 15 aromatic rings. The number of terminal acetylenes is 1. The number of benzene rings is 6. The van der Waals surface area contributed by atoms with Crippen LogP contribution in [0.3, 0.4) is 0 Å². The average Bonchev–Trinajstić information content (AvgIpc) is 1.61. The van der Waals surface area contributed by atoms with E-state index in [0.29, 0.717) is 74.8 Å². The van der Waals surface area contributed by atoms with Crippen molar-refractivity contribution in [2.75, 3.05) is 4.72 Å². The maximum Gasteiger partial charge on any atom is 0.509 e. The predicted octanol–water partition coefficient (Wildman–Crippen LogP) is 12.9. The summed E-state index contributed by atoms with van der Waals surface area (Å²) in [4.78, 5) is 18.7. The molecule has 0 amide bonds. The topological polar surface area (TPSA) is 386 Å². The molecule has 40 heteroatoms. The molecule has 0 aliphatic heterocycles. The normalized spacial score (nSPS) is 13.1. The molecule has 0 radical (unpaired) electrons. The van der Waals surface area contributed by atoms with Gasteiger partial charge in [0.2, 0.25) is 35.4 Å². The van der Waals surface area contributed by atoms with Gasteiger partial charge in [-0.1, -0.05) is 100 Å². The number of nitrogens with zero attached hydrogens (tertiary/aromatic N) is 9. The summed E-state index contributed by atoms with van der Waals surface area (Å²) in [6.07, 6.45) is 14.8. The van der Waals surface area contributed by atoms with Crippen molar-refractivity contribution in [2.45, 2.75) is 108 Å². The van der Waals surface area contributed by atoms with Gasteiger partial charge in [-0.3, -0.25) is 4.21 Å². The zero-order valence-corrected chi connectivity index (χ0v) is 78.3. The van der Waals surface area contributed by atoms with Crippen LogP contribution in [0.1, 0.15) is 129 Å². The summed E-state index contributed by atoms with van der Waals surface area (Å²) in [6.45, 7) is 6.12. The van der Waals surface area contributed by atoms with Crippen LogP contribution in [0, 0.1) is 92.0 Å². The summed E-state index contributed by atoms with van der Waals surface area (Å²) < 4.78 is 122. The molecule has 24 nitrogen and oxygen atoms in total. The van der Waals surface area contributed by atoms with Gasteiger partial charge in [0, 0.05) is 110 Å². The lowest BCUT2D eigenvalue weighted by atomic mass is 9.88. The van der Waals surface area contributed by atoms with E-state index >= 15 is 0 Å². The van der Waals surface area contributed by atoms with Crippen molar-refractivity contribution in [2.24, 2.45) is 28.0 Å². The molecule has 662 valence electrons. The van der Waals surface area contributed by atoms with Gasteiger partial charge in [0.25, 0.3) is 0 Å². The number of aromatic nitrogens is 9. The van der Waals surface area contributed by atoms with Crippen molar-refractivity contribution in [3.8, 4) is 85.2 Å². The molecule has 3 aliphatic rings. The second-order valence-electron chi connectivity index (χ2n) is 31.1. The Hall–Kier alpha value is -10.4. The lowest BCUT2D eigenvalue weighted by Gasteiger charge is -2.12. The molecule has 1 unspecified atom stereocenters. The fourth-order valence-electron chi connectivity index (χ4n) is 14.2. The highest BCUT2D eigenvalue weighted by Gasteiger charge is 2.34. The van der Waals surface area contributed by atoms with Gasteiger partial charge >= 0.3 is 21.4 Å². The van der Waals surface area contributed by atoms with Crippen LogP contribution in [-0.2, 0) is 69.8 Å². The zero-order valence-electron chi connectivity index (χ0n) is 69.3. The molecule has 3 fully saturated rings. The lowest BCUT2D eigenvalue weighted by Crippen LogP contribution is -2.30. The lowest BCUT2D eigenvalue weighted by molar-refractivity contribution is 0.423. The van der Waals surface area contributed by atoms with Gasteiger partial charge < -0.3 is 39.4 Å². The first-order valence-electron chi connectivity index (χ1n) is 40.4. The molecule has 18 rings (SSSR count). The van der Waals surface area contributed by atoms with Gasteiger partial charge in [-0.05, 0) is 222 Å². The molecule has 11 N–H and O–H groups in total. The first kappa shape index (κ1) is 94.2. The van der Waals surface area contributed by atoms with Gasteiger partial charge in [0.05, 0.1) is 71.3 Å². The molecular formula is C90H78B3BrF3N12O12S9-. The summed E-state index contributed by atoms with van der Waals surface area (Å²) in [6, 6.07) is 47.5. The van der Waals surface area contributed by atoms with Gasteiger partial charge in [-0.2, -0.15) is 15.3 Å². The highest BCUT2D eigenvalue weighted by molar-refractivity contribution is 9.10. The SMILES string of the molecule is C#Cc1ccc(C)s1.Cc1ccc(C#Cc2cccc(-c3c(Cc4ccc(S(N)(=O)=O)c(F)c4)c(CC4CC4)nn3-c3nc(B(O)O)cs3)c2)s1.Cc1ccc(C#Cc2cccc(-c3nn(-c4nc(B(O)O)cs4)c(CC4CC4)c3Cc3ccc(S(N)(=O)=O)c(F)c3)c2)s1.O=S([O-])Nc1ccc(Cc2c(CC3CC3)nn(-c3nc(B(O)O)cs3)c2-c2cccc(Br)c2)cc1F. The summed E-state index contributed by atoms with van der Waals surface area (Å²) in [7, 11) is -13.5. The number of aryl methyl sites for hydroxylation is 3. The van der Waals surface area contributed by atoms with E-state index in [-0.39, 0.29) is 35.3 Å². The second-order valence-corrected chi connectivity index (χ2v) is 42.2. The summed E-state index contributed by atoms with van der Waals surface area (Å²) in [5.74, 6) is 14.4. The van der Waals surface area contributed by atoms with Crippen molar-refractivity contribution < 1.29 is 68.9 Å². The molecule has 3 aliphatic carbocycles. The molecule has 130 heavy (non-hydrogen) atoms. The van der Waals surface area contributed by atoms with Crippen LogP contribution in [0.4, 0.5) is 18.9 Å². The van der Waals surface area contributed by atoms with Crippen LogP contribution in [0.15, 0.2) is 194 Å². The molecule has 3 saturated carbocycles. The Labute approximate surface area is 783 Å². The Morgan fingerprint density at radius 1 is 0.500 bits per heavy atom. The quantitative estimate of drug-likeness (QED) is 0.0146. The number of halogens is 4. The molecule has 0 bridgehead atoms. The zero-order chi connectivity index (χ0) is 92.0. The van der Waals surface area contributed by atoms with Crippen LogP contribution < -0.4 is 31.8 Å². The number of nitrogens with one attached hydrogen (secondary N) is 1. The van der Waals surface area contributed by atoms with E-state index in [9.17, 15) is 68.9 Å². The van der Waals surface area contributed by atoms with Crippen molar-refractivity contribution in [3.05, 3.63) is 293 Å². The average molecular weight is 1980 g/mol. The second kappa shape index (κ2) is 41.2. The molecule has 9 heterocycles. The van der Waals surface area contributed by atoms with Crippen molar-refractivity contribution in [1.82, 2.24) is 44.3 Å². The highest BCUT2D eigenvalue weighted by atomic mass is 79.9. The Morgan fingerprint density at radius 2 is 0.900 bits per heavy atom. The number of hydrogen-bond acceptors (Lipinski definition) is 24. The Morgan fingerprint density at radius 3 is 1.28 bits per heavy atom. The number of thiophene rings is 3. The van der Waals surface area contributed by atoms with E-state index in [1.807, 2.05) is 130 Å².